The number of fused-ring (bicyclic) bond motifs is 5. The summed E-state index contributed by atoms with van der Waals surface area (Å²) in [6.45, 7) is 6.18. The first kappa shape index (κ1) is 17.6. The van der Waals surface area contributed by atoms with Crippen molar-refractivity contribution in [3.05, 3.63) is 11.6 Å². The smallest absolute Gasteiger partial charge is 0.302 e. The summed E-state index contributed by atoms with van der Waals surface area (Å²) in [5, 5.41) is 0.0847. The molecule has 25 heavy (non-hydrogen) atoms. The Hall–Kier alpha value is -0.830. The van der Waals surface area contributed by atoms with Crippen LogP contribution in [-0.2, 0) is 14.3 Å². The quantitative estimate of drug-likeness (QED) is 0.501. The van der Waals surface area contributed by atoms with Crippen molar-refractivity contribution in [3.63, 3.8) is 0 Å². The van der Waals surface area contributed by atoms with Gasteiger partial charge in [-0.25, -0.2) is 0 Å². The molecule has 0 amide bonds. The van der Waals surface area contributed by atoms with Gasteiger partial charge in [-0.3, -0.25) is 9.59 Å². The molecule has 3 fully saturated rings. The van der Waals surface area contributed by atoms with Crippen molar-refractivity contribution in [2.24, 2.45) is 28.6 Å². The Kier molecular flexibility index (Phi) is 4.10. The lowest BCUT2D eigenvalue weighted by Gasteiger charge is -2.58. The third kappa shape index (κ3) is 2.52. The number of allylic oxidation sites excluding steroid dienone is 1. The van der Waals surface area contributed by atoms with Gasteiger partial charge in [0.1, 0.15) is 6.10 Å². The van der Waals surface area contributed by atoms with Gasteiger partial charge in [-0.05, 0) is 61.3 Å². The fraction of sp³-hybridized carbons (Fsp3) is 0.810. The molecule has 0 aromatic carbocycles. The molecule has 0 spiro atoms. The van der Waals surface area contributed by atoms with Crippen molar-refractivity contribution in [1.82, 2.24) is 0 Å². The Bertz CT molecular complexity index is 641. The molecule has 0 heterocycles. The van der Waals surface area contributed by atoms with Crippen LogP contribution in [-0.4, -0.2) is 23.2 Å². The van der Waals surface area contributed by atoms with Gasteiger partial charge in [-0.2, -0.15) is 0 Å². The number of carbonyl (C=O) groups is 2. The number of halogens is 1. The van der Waals surface area contributed by atoms with E-state index in [1.165, 1.54) is 12.5 Å². The molecule has 4 rings (SSSR count). The van der Waals surface area contributed by atoms with E-state index in [9.17, 15) is 9.59 Å². The highest BCUT2D eigenvalue weighted by Gasteiger charge is 2.62. The zero-order chi connectivity index (χ0) is 18.0. The Morgan fingerprint density at radius 1 is 1.24 bits per heavy atom. The molecule has 4 aliphatic carbocycles. The van der Waals surface area contributed by atoms with Gasteiger partial charge in [0.25, 0.3) is 0 Å². The van der Waals surface area contributed by atoms with Crippen LogP contribution in [0.25, 0.3) is 0 Å². The van der Waals surface area contributed by atoms with Gasteiger partial charge < -0.3 is 4.74 Å². The van der Waals surface area contributed by atoms with Crippen LogP contribution >= 0.6 is 11.6 Å². The summed E-state index contributed by atoms with van der Waals surface area (Å²) in [4.78, 5) is 23.5. The molecule has 0 aliphatic heterocycles. The van der Waals surface area contributed by atoms with E-state index in [1.807, 2.05) is 6.08 Å². The largest absolute Gasteiger partial charge is 0.462 e. The van der Waals surface area contributed by atoms with Crippen LogP contribution in [0.4, 0.5) is 0 Å². The minimum atomic E-state index is -0.190. The molecule has 0 N–H and O–H groups in total. The molecular weight excluding hydrogens is 336 g/mol. The van der Waals surface area contributed by atoms with Gasteiger partial charge in [-0.1, -0.05) is 19.4 Å². The van der Waals surface area contributed by atoms with Gasteiger partial charge >= 0.3 is 5.97 Å². The van der Waals surface area contributed by atoms with E-state index in [2.05, 4.69) is 13.8 Å². The number of carbonyl (C=O) groups excluding carboxylic acids is 2. The molecule has 7 atom stereocenters. The molecule has 3 nitrogen and oxygen atoms in total. The first-order valence-corrected chi connectivity index (χ1v) is 10.2. The van der Waals surface area contributed by atoms with Crippen LogP contribution in [0.3, 0.4) is 0 Å². The molecule has 0 aromatic heterocycles. The fourth-order valence-corrected chi connectivity index (χ4v) is 7.53. The maximum Gasteiger partial charge on any atom is 0.302 e. The molecule has 0 bridgehead atoms. The van der Waals surface area contributed by atoms with E-state index in [4.69, 9.17) is 16.3 Å². The predicted molar refractivity (Wildman–Crippen MR) is 97.3 cm³/mol. The van der Waals surface area contributed by atoms with Gasteiger partial charge in [0.05, 0.1) is 0 Å². The number of esters is 1. The number of hydrogen-bond donors (Lipinski definition) is 0. The highest BCUT2D eigenvalue weighted by molar-refractivity contribution is 6.21. The summed E-state index contributed by atoms with van der Waals surface area (Å²) in [5.41, 5.74) is 1.55. The van der Waals surface area contributed by atoms with Gasteiger partial charge in [0.15, 0.2) is 5.78 Å². The number of ether oxygens (including phenoxy) is 1. The molecule has 0 aromatic rings. The van der Waals surface area contributed by atoms with E-state index >= 15 is 0 Å². The summed E-state index contributed by atoms with van der Waals surface area (Å²) in [6.07, 6.45) is 8.72. The second kappa shape index (κ2) is 5.84. The van der Waals surface area contributed by atoms with Gasteiger partial charge in [-0.15, -0.1) is 11.6 Å². The molecule has 4 heteroatoms. The lowest BCUT2D eigenvalue weighted by molar-refractivity contribution is -0.157. The third-order valence-corrected chi connectivity index (χ3v) is 8.58. The summed E-state index contributed by atoms with van der Waals surface area (Å²) in [7, 11) is 0. The van der Waals surface area contributed by atoms with E-state index in [-0.39, 0.29) is 28.3 Å². The standard InChI is InChI=1S/C21H29ClO3/c1-12(23)25-18-11-17(22)19-15-5-4-13-10-14(24)6-8-20(13,2)16(15)7-9-21(18,19)3/h10,15-19H,4-9,11H2,1-3H3/t15-,16+,17?,18+,19-,20+,21-/m1/s1. The third-order valence-electron chi connectivity index (χ3n) is 8.13. The second-order valence-electron chi connectivity index (χ2n) is 9.28. The average molecular weight is 365 g/mol. The monoisotopic (exact) mass is 364 g/mol. The van der Waals surface area contributed by atoms with Crippen molar-refractivity contribution in [1.29, 1.82) is 0 Å². The first-order valence-electron chi connectivity index (χ1n) is 9.81. The Balaban J connectivity index is 1.66. The molecule has 0 radical (unpaired) electrons. The average Bonchev–Trinajstić information content (AvgIpc) is 2.78. The molecular formula is C21H29ClO3. The highest BCUT2D eigenvalue weighted by Crippen LogP contribution is 2.66. The predicted octanol–water partition coefficient (Wildman–Crippen LogP) is 4.67. The van der Waals surface area contributed by atoms with Crippen LogP contribution in [0.15, 0.2) is 11.6 Å². The molecule has 0 saturated heterocycles. The van der Waals surface area contributed by atoms with E-state index < -0.39 is 0 Å². The van der Waals surface area contributed by atoms with Gasteiger partial charge in [0, 0.05) is 30.6 Å². The Morgan fingerprint density at radius 2 is 2.00 bits per heavy atom. The summed E-state index contributed by atoms with van der Waals surface area (Å²) < 4.78 is 5.70. The molecule has 3 saturated carbocycles. The molecule has 4 aliphatic rings. The lowest BCUT2D eigenvalue weighted by atomic mass is 9.47. The summed E-state index contributed by atoms with van der Waals surface area (Å²) in [6, 6.07) is 0. The Labute approximate surface area is 155 Å². The van der Waals surface area contributed by atoms with Crippen molar-refractivity contribution >= 4 is 23.4 Å². The van der Waals surface area contributed by atoms with Crippen molar-refractivity contribution in [3.8, 4) is 0 Å². The Morgan fingerprint density at radius 3 is 2.72 bits per heavy atom. The number of alkyl halides is 1. The molecule has 1 unspecified atom stereocenters. The zero-order valence-corrected chi connectivity index (χ0v) is 16.3. The van der Waals surface area contributed by atoms with Crippen molar-refractivity contribution < 1.29 is 14.3 Å². The van der Waals surface area contributed by atoms with E-state index in [0.717, 1.165) is 38.5 Å². The number of hydrogen-bond acceptors (Lipinski definition) is 3. The zero-order valence-electron chi connectivity index (χ0n) is 15.5. The van der Waals surface area contributed by atoms with Crippen LogP contribution in [0.2, 0.25) is 0 Å². The van der Waals surface area contributed by atoms with Gasteiger partial charge in [0.2, 0.25) is 0 Å². The van der Waals surface area contributed by atoms with Crippen LogP contribution in [0.5, 0.6) is 0 Å². The maximum absolute atomic E-state index is 11.9. The molecule has 138 valence electrons. The van der Waals surface area contributed by atoms with Crippen molar-refractivity contribution in [2.45, 2.75) is 77.2 Å². The van der Waals surface area contributed by atoms with Crippen LogP contribution in [0.1, 0.15) is 65.7 Å². The SMILES string of the molecule is CC(=O)O[C@H]1CC(Cl)[C@H]2[C@@H]3CCC4=CC(=O)CC[C@]4(C)[C@H]3CC[C@]12C. The lowest BCUT2D eigenvalue weighted by Crippen LogP contribution is -2.52. The maximum atomic E-state index is 11.9. The second-order valence-corrected chi connectivity index (χ2v) is 9.84. The topological polar surface area (TPSA) is 43.4 Å². The normalized spacial score (nSPS) is 48.9. The number of rotatable bonds is 1. The van der Waals surface area contributed by atoms with Crippen LogP contribution < -0.4 is 0 Å². The van der Waals surface area contributed by atoms with E-state index in [1.54, 1.807) is 0 Å². The fourth-order valence-electron chi connectivity index (χ4n) is 6.90. The minimum absolute atomic E-state index is 0.00131. The highest BCUT2D eigenvalue weighted by atomic mass is 35.5. The van der Waals surface area contributed by atoms with E-state index in [0.29, 0.717) is 30.0 Å². The summed E-state index contributed by atoms with van der Waals surface area (Å²) >= 11 is 6.86. The van der Waals surface area contributed by atoms with Crippen molar-refractivity contribution in [2.75, 3.05) is 0 Å². The van der Waals surface area contributed by atoms with Crippen LogP contribution in [0, 0.1) is 28.6 Å². The summed E-state index contributed by atoms with van der Waals surface area (Å²) in [5.74, 6) is 1.71. The minimum Gasteiger partial charge on any atom is -0.462 e. The number of ketones is 1. The first-order chi connectivity index (χ1) is 11.8.